The smallest absolute Gasteiger partial charge is 0.221 e. The van der Waals surface area contributed by atoms with Crippen molar-refractivity contribution in [1.82, 2.24) is 5.32 Å². The summed E-state index contributed by atoms with van der Waals surface area (Å²) in [5.41, 5.74) is 0. The third-order valence-corrected chi connectivity index (χ3v) is 6.74. The second-order valence-corrected chi connectivity index (χ2v) is 10.1. The predicted octanol–water partition coefficient (Wildman–Crippen LogP) is 8.19. The number of hydrogen-bond donors (Lipinski definition) is 3. The lowest BCUT2D eigenvalue weighted by Gasteiger charge is -2.11. The van der Waals surface area contributed by atoms with Crippen LogP contribution in [0.5, 0.6) is 0 Å². The first-order valence-electron chi connectivity index (χ1n) is 14.8. The Kier molecular flexibility index (Phi) is 27.1. The van der Waals surface area contributed by atoms with Crippen LogP contribution in [0.4, 0.5) is 0 Å². The SMILES string of the molecule is CCCCCCCCCCCCCCCCCCCCCCCCCC(=O)NC(O)CCO. The minimum Gasteiger partial charge on any atom is -0.396 e. The van der Waals surface area contributed by atoms with Gasteiger partial charge in [-0.15, -0.1) is 0 Å². The van der Waals surface area contributed by atoms with Gasteiger partial charge in [-0.2, -0.15) is 0 Å². The van der Waals surface area contributed by atoms with Crippen molar-refractivity contribution < 1.29 is 15.0 Å². The fourth-order valence-corrected chi connectivity index (χ4v) is 4.52. The van der Waals surface area contributed by atoms with Gasteiger partial charge in [-0.1, -0.05) is 148 Å². The fourth-order valence-electron chi connectivity index (χ4n) is 4.52. The highest BCUT2D eigenvalue weighted by Gasteiger charge is 2.07. The van der Waals surface area contributed by atoms with Gasteiger partial charge in [0, 0.05) is 19.4 Å². The summed E-state index contributed by atoms with van der Waals surface area (Å²) in [5, 5.41) is 20.6. The Labute approximate surface area is 206 Å². The van der Waals surface area contributed by atoms with Crippen LogP contribution in [0.1, 0.15) is 167 Å². The Hall–Kier alpha value is -0.610. The van der Waals surface area contributed by atoms with E-state index in [4.69, 9.17) is 5.11 Å². The Balaban J connectivity index is 3.11. The van der Waals surface area contributed by atoms with E-state index in [-0.39, 0.29) is 18.9 Å². The third kappa shape index (κ3) is 27.5. The van der Waals surface area contributed by atoms with Gasteiger partial charge in [0.1, 0.15) is 6.23 Å². The average Bonchev–Trinajstić information content (AvgIpc) is 2.79. The number of unbranched alkanes of at least 4 members (excludes halogenated alkanes) is 22. The van der Waals surface area contributed by atoms with Gasteiger partial charge in [0.05, 0.1) is 0 Å². The molecule has 0 fully saturated rings. The van der Waals surface area contributed by atoms with Gasteiger partial charge in [0.15, 0.2) is 0 Å². The Bertz CT molecular complexity index is 389. The minimum atomic E-state index is -0.910. The maximum absolute atomic E-state index is 11.6. The zero-order valence-electron chi connectivity index (χ0n) is 22.3. The summed E-state index contributed by atoms with van der Waals surface area (Å²) in [6.07, 6.45) is 31.2. The van der Waals surface area contributed by atoms with Crippen molar-refractivity contribution in [1.29, 1.82) is 0 Å². The number of carbonyl (C=O) groups excluding carboxylic acids is 1. The Morgan fingerprint density at radius 2 is 0.879 bits per heavy atom. The van der Waals surface area contributed by atoms with Crippen LogP contribution >= 0.6 is 0 Å². The number of hydrogen-bond acceptors (Lipinski definition) is 3. The van der Waals surface area contributed by atoms with Crippen molar-refractivity contribution in [2.45, 2.75) is 174 Å². The molecule has 3 N–H and O–H groups in total. The maximum Gasteiger partial charge on any atom is 0.221 e. The van der Waals surface area contributed by atoms with E-state index < -0.39 is 6.23 Å². The number of amides is 1. The summed E-state index contributed by atoms with van der Waals surface area (Å²) in [7, 11) is 0. The molecule has 0 rings (SSSR count). The van der Waals surface area contributed by atoms with E-state index in [0.29, 0.717) is 6.42 Å². The van der Waals surface area contributed by atoms with Gasteiger partial charge in [-0.05, 0) is 6.42 Å². The lowest BCUT2D eigenvalue weighted by Crippen LogP contribution is -2.35. The second kappa shape index (κ2) is 27.6. The highest BCUT2D eigenvalue weighted by molar-refractivity contribution is 5.75. The number of aliphatic hydroxyl groups excluding tert-OH is 2. The molecule has 1 amide bonds. The van der Waals surface area contributed by atoms with Crippen molar-refractivity contribution in [2.24, 2.45) is 0 Å². The summed E-state index contributed by atoms with van der Waals surface area (Å²) in [6.45, 7) is 2.18. The maximum atomic E-state index is 11.6. The molecule has 4 heteroatoms. The third-order valence-electron chi connectivity index (χ3n) is 6.74. The number of aliphatic hydroxyl groups is 2. The molecule has 0 aromatic carbocycles. The largest absolute Gasteiger partial charge is 0.396 e. The molecule has 4 nitrogen and oxygen atoms in total. The molecule has 0 saturated carbocycles. The van der Waals surface area contributed by atoms with Gasteiger partial charge in [-0.3, -0.25) is 4.79 Å². The van der Waals surface area contributed by atoms with E-state index in [0.717, 1.165) is 12.8 Å². The van der Waals surface area contributed by atoms with Crippen LogP contribution in [-0.4, -0.2) is 29.0 Å². The van der Waals surface area contributed by atoms with Crippen molar-refractivity contribution >= 4 is 5.91 Å². The van der Waals surface area contributed by atoms with Gasteiger partial charge >= 0.3 is 0 Å². The molecule has 0 aromatic rings. The van der Waals surface area contributed by atoms with Crippen LogP contribution in [0.15, 0.2) is 0 Å². The molecule has 1 atom stereocenters. The first-order chi connectivity index (χ1) is 16.2. The van der Waals surface area contributed by atoms with Gasteiger partial charge in [0.2, 0.25) is 5.91 Å². The van der Waals surface area contributed by atoms with E-state index >= 15 is 0 Å². The van der Waals surface area contributed by atoms with Crippen LogP contribution in [0.25, 0.3) is 0 Å². The fraction of sp³-hybridized carbons (Fsp3) is 0.966. The lowest BCUT2D eigenvalue weighted by molar-refractivity contribution is -0.124. The van der Waals surface area contributed by atoms with Crippen LogP contribution in [-0.2, 0) is 4.79 Å². The highest BCUT2D eigenvalue weighted by Crippen LogP contribution is 2.15. The summed E-state index contributed by atoms with van der Waals surface area (Å²) < 4.78 is 0. The number of carbonyl (C=O) groups is 1. The van der Waals surface area contributed by atoms with Crippen LogP contribution in [0.2, 0.25) is 0 Å². The molecule has 33 heavy (non-hydrogen) atoms. The van der Waals surface area contributed by atoms with E-state index in [1.54, 1.807) is 0 Å². The van der Waals surface area contributed by atoms with Crippen LogP contribution in [0.3, 0.4) is 0 Å². The molecule has 0 aromatic heterocycles. The van der Waals surface area contributed by atoms with E-state index in [1.807, 2.05) is 0 Å². The van der Waals surface area contributed by atoms with Gasteiger partial charge in [-0.25, -0.2) is 0 Å². The molecule has 198 valence electrons. The molecular formula is C29H59NO3. The van der Waals surface area contributed by atoms with Crippen molar-refractivity contribution in [3.63, 3.8) is 0 Å². The van der Waals surface area contributed by atoms with Crippen LogP contribution in [0, 0.1) is 0 Å². The van der Waals surface area contributed by atoms with Crippen LogP contribution < -0.4 is 5.32 Å². The first kappa shape index (κ1) is 32.4. The quantitative estimate of drug-likeness (QED) is 0.0838. The first-order valence-corrected chi connectivity index (χ1v) is 14.8. The van der Waals surface area contributed by atoms with Crippen molar-refractivity contribution in [2.75, 3.05) is 6.61 Å². The summed E-state index contributed by atoms with van der Waals surface area (Å²) >= 11 is 0. The normalized spacial score (nSPS) is 12.2. The molecule has 0 aliphatic rings. The summed E-state index contributed by atoms with van der Waals surface area (Å²) in [6, 6.07) is 0. The molecule has 1 unspecified atom stereocenters. The van der Waals surface area contributed by atoms with E-state index in [9.17, 15) is 9.90 Å². The molecule has 0 heterocycles. The lowest BCUT2D eigenvalue weighted by atomic mass is 10.0. The molecule has 0 bridgehead atoms. The standard InChI is InChI=1S/C29H59NO3/c1-2-3-4-5-6-7-8-9-10-11-12-13-14-15-16-17-18-19-20-21-22-23-24-25-28(32)30-29(33)26-27-31/h29,31,33H,2-27H2,1H3,(H,30,32). The zero-order valence-corrected chi connectivity index (χ0v) is 22.3. The highest BCUT2D eigenvalue weighted by atomic mass is 16.3. The monoisotopic (exact) mass is 469 g/mol. The Morgan fingerprint density at radius 1 is 0.576 bits per heavy atom. The van der Waals surface area contributed by atoms with E-state index in [2.05, 4.69) is 12.2 Å². The summed E-state index contributed by atoms with van der Waals surface area (Å²) in [5.74, 6) is -0.112. The van der Waals surface area contributed by atoms with Crippen molar-refractivity contribution in [3.05, 3.63) is 0 Å². The van der Waals surface area contributed by atoms with Gasteiger partial charge in [0.25, 0.3) is 0 Å². The molecule has 0 saturated heterocycles. The minimum absolute atomic E-state index is 0.110. The van der Waals surface area contributed by atoms with Gasteiger partial charge < -0.3 is 15.5 Å². The molecular weight excluding hydrogens is 410 g/mol. The topological polar surface area (TPSA) is 69.6 Å². The molecule has 0 aliphatic heterocycles. The Morgan fingerprint density at radius 3 is 1.18 bits per heavy atom. The second-order valence-electron chi connectivity index (χ2n) is 10.1. The van der Waals surface area contributed by atoms with E-state index in [1.165, 1.54) is 135 Å². The molecule has 0 spiro atoms. The van der Waals surface area contributed by atoms with Crippen molar-refractivity contribution in [3.8, 4) is 0 Å². The average molecular weight is 470 g/mol. The number of nitrogens with one attached hydrogen (secondary N) is 1. The zero-order chi connectivity index (χ0) is 24.2. The number of rotatable bonds is 27. The molecule has 0 aliphatic carbocycles. The molecule has 0 radical (unpaired) electrons. The predicted molar refractivity (Wildman–Crippen MR) is 142 cm³/mol. The summed E-state index contributed by atoms with van der Waals surface area (Å²) in [4.78, 5) is 11.6.